The van der Waals surface area contributed by atoms with Crippen molar-refractivity contribution >= 4 is 18.1 Å². The Morgan fingerprint density at radius 1 is 1.40 bits per heavy atom. The molecule has 0 aliphatic rings. The van der Waals surface area contributed by atoms with Crippen LogP contribution in [0.1, 0.15) is 0 Å². The van der Waals surface area contributed by atoms with Gasteiger partial charge in [0.05, 0.1) is 0 Å². The van der Waals surface area contributed by atoms with Crippen molar-refractivity contribution in [1.82, 2.24) is 0 Å². The fourth-order valence-corrected chi connectivity index (χ4v) is 0.924. The summed E-state index contributed by atoms with van der Waals surface area (Å²) in [6, 6.07) is 8.28. The van der Waals surface area contributed by atoms with Crippen molar-refractivity contribution < 1.29 is 14.3 Å². The number of rotatable bonds is 4. The Morgan fingerprint density at radius 3 is 2.47 bits per heavy atom. The van der Waals surface area contributed by atoms with Crippen LogP contribution in [0, 0.1) is 11.3 Å². The van der Waals surface area contributed by atoms with Gasteiger partial charge in [-0.2, -0.15) is 0 Å². The topological polar surface area (TPSA) is 93.2 Å². The molecule has 78 valence electrons. The number of aldehydes is 1. The molecule has 1 aromatic rings. The molecule has 0 bridgehead atoms. The maximum Gasteiger partial charge on any atom is 0.329 e. The van der Waals surface area contributed by atoms with Crippen LogP contribution in [0.25, 0.3) is 0 Å². The summed E-state index contributed by atoms with van der Waals surface area (Å²) in [7, 11) is 0. The van der Waals surface area contributed by atoms with Gasteiger partial charge in [0, 0.05) is 0 Å². The molecule has 0 spiro atoms. The van der Waals surface area contributed by atoms with Crippen LogP contribution >= 0.6 is 0 Å². The van der Waals surface area contributed by atoms with Crippen molar-refractivity contribution in [3.63, 3.8) is 0 Å². The molecule has 1 unspecified atom stereocenters. The summed E-state index contributed by atoms with van der Waals surface area (Å²) in [6.07, 6.45) is 0.285. The van der Waals surface area contributed by atoms with Crippen molar-refractivity contribution in [2.24, 2.45) is 11.7 Å². The van der Waals surface area contributed by atoms with Gasteiger partial charge in [0.25, 0.3) is 0 Å². The van der Waals surface area contributed by atoms with Crippen LogP contribution in [0.4, 0.5) is 0 Å². The van der Waals surface area contributed by atoms with Crippen LogP contribution in [0.15, 0.2) is 30.3 Å². The van der Waals surface area contributed by atoms with E-state index in [1.165, 1.54) is 0 Å². The van der Waals surface area contributed by atoms with Crippen molar-refractivity contribution in [1.29, 1.82) is 5.41 Å². The second kappa shape index (κ2) is 4.90. The first-order chi connectivity index (χ1) is 7.15. The normalized spacial score (nSPS) is 11.5. The number of carbonyl (C=O) groups is 2. The monoisotopic (exact) mass is 206 g/mol. The lowest BCUT2D eigenvalue weighted by Crippen LogP contribution is -2.33. The lowest BCUT2D eigenvalue weighted by Gasteiger charge is -2.07. The molecule has 0 fully saturated rings. The fraction of sp³-hybridized carbons (Fsp3) is 0.100. The van der Waals surface area contributed by atoms with Crippen LogP contribution in [0.3, 0.4) is 0 Å². The van der Waals surface area contributed by atoms with Crippen molar-refractivity contribution in [3.8, 4) is 5.75 Å². The molecule has 0 saturated heterocycles. The molecule has 0 radical (unpaired) electrons. The van der Waals surface area contributed by atoms with Crippen LogP contribution < -0.4 is 10.5 Å². The zero-order chi connectivity index (χ0) is 11.3. The average molecular weight is 206 g/mol. The average Bonchev–Trinajstić information content (AvgIpc) is 2.19. The Kier molecular flexibility index (Phi) is 3.56. The molecular weight excluding hydrogens is 196 g/mol. The molecule has 0 aliphatic carbocycles. The van der Waals surface area contributed by atoms with Crippen LogP contribution in [0.2, 0.25) is 0 Å². The number of hydrogen-bond acceptors (Lipinski definition) is 4. The van der Waals surface area contributed by atoms with E-state index in [9.17, 15) is 9.59 Å². The minimum absolute atomic E-state index is 0.285. The van der Waals surface area contributed by atoms with E-state index in [1.54, 1.807) is 30.3 Å². The number of amidine groups is 1. The highest BCUT2D eigenvalue weighted by molar-refractivity contribution is 6.10. The van der Waals surface area contributed by atoms with E-state index in [1.807, 2.05) is 0 Å². The summed E-state index contributed by atoms with van der Waals surface area (Å²) < 4.78 is 4.84. The smallest absolute Gasteiger partial charge is 0.329 e. The maximum atomic E-state index is 11.3. The summed E-state index contributed by atoms with van der Waals surface area (Å²) in [5.74, 6) is -2.38. The number of esters is 1. The first-order valence-electron chi connectivity index (χ1n) is 4.21. The zero-order valence-corrected chi connectivity index (χ0v) is 7.84. The van der Waals surface area contributed by atoms with E-state index in [2.05, 4.69) is 0 Å². The van der Waals surface area contributed by atoms with E-state index >= 15 is 0 Å². The van der Waals surface area contributed by atoms with E-state index in [4.69, 9.17) is 15.9 Å². The molecule has 5 nitrogen and oxygen atoms in total. The third-order valence-corrected chi connectivity index (χ3v) is 1.69. The van der Waals surface area contributed by atoms with Gasteiger partial charge in [-0.15, -0.1) is 0 Å². The van der Waals surface area contributed by atoms with Gasteiger partial charge in [0.1, 0.15) is 17.9 Å². The Bertz CT molecular complexity index is 376. The second-order valence-electron chi connectivity index (χ2n) is 2.80. The highest BCUT2D eigenvalue weighted by Crippen LogP contribution is 2.10. The van der Waals surface area contributed by atoms with Gasteiger partial charge in [-0.25, -0.2) is 0 Å². The third-order valence-electron chi connectivity index (χ3n) is 1.69. The summed E-state index contributed by atoms with van der Waals surface area (Å²) in [5.41, 5.74) is 5.05. The zero-order valence-electron chi connectivity index (χ0n) is 7.84. The van der Waals surface area contributed by atoms with E-state index in [-0.39, 0.29) is 6.29 Å². The summed E-state index contributed by atoms with van der Waals surface area (Å²) in [5, 5.41) is 6.99. The lowest BCUT2D eigenvalue weighted by molar-refractivity contribution is -0.138. The minimum Gasteiger partial charge on any atom is -0.426 e. The second-order valence-corrected chi connectivity index (χ2v) is 2.80. The molecule has 0 amide bonds. The molecule has 5 heteroatoms. The van der Waals surface area contributed by atoms with Crippen molar-refractivity contribution in [3.05, 3.63) is 30.3 Å². The first-order valence-corrected chi connectivity index (χ1v) is 4.21. The van der Waals surface area contributed by atoms with Crippen molar-refractivity contribution in [2.45, 2.75) is 0 Å². The molecule has 1 aromatic carbocycles. The summed E-state index contributed by atoms with van der Waals surface area (Å²) in [6.45, 7) is 0. The first kappa shape index (κ1) is 10.9. The van der Waals surface area contributed by atoms with Gasteiger partial charge in [0.2, 0.25) is 0 Å². The standard InChI is InChI=1S/C10H10N2O3/c11-9(12)8(6-13)10(14)15-7-4-2-1-3-5-7/h1-6,8H,(H3,11,12). The largest absolute Gasteiger partial charge is 0.426 e. The lowest BCUT2D eigenvalue weighted by atomic mass is 10.1. The minimum atomic E-state index is -1.33. The van der Waals surface area contributed by atoms with Gasteiger partial charge in [-0.3, -0.25) is 10.2 Å². The Balaban J connectivity index is 2.71. The molecule has 3 N–H and O–H groups in total. The number of hydrogen-bond donors (Lipinski definition) is 2. The predicted molar refractivity (Wildman–Crippen MR) is 53.5 cm³/mol. The Hall–Kier alpha value is -2.17. The van der Waals surface area contributed by atoms with Gasteiger partial charge < -0.3 is 15.3 Å². The molecule has 0 saturated carbocycles. The molecule has 0 heterocycles. The van der Waals surface area contributed by atoms with Crippen LogP contribution in [0.5, 0.6) is 5.75 Å². The Morgan fingerprint density at radius 2 is 2.00 bits per heavy atom. The SMILES string of the molecule is N=C(N)C(C=O)C(=O)Oc1ccccc1. The Labute approximate surface area is 86.4 Å². The van der Waals surface area contributed by atoms with Crippen LogP contribution in [-0.4, -0.2) is 18.1 Å². The molecule has 0 aromatic heterocycles. The molecule has 1 rings (SSSR count). The number of carbonyl (C=O) groups excluding carboxylic acids is 2. The third kappa shape index (κ3) is 2.91. The number of ether oxygens (including phenoxy) is 1. The van der Waals surface area contributed by atoms with E-state index < -0.39 is 17.7 Å². The summed E-state index contributed by atoms with van der Waals surface area (Å²) >= 11 is 0. The van der Waals surface area contributed by atoms with E-state index in [0.29, 0.717) is 5.75 Å². The molecular formula is C10H10N2O3. The quantitative estimate of drug-likeness (QED) is 0.185. The van der Waals surface area contributed by atoms with Gasteiger partial charge in [-0.05, 0) is 12.1 Å². The number of benzene rings is 1. The maximum absolute atomic E-state index is 11.3. The van der Waals surface area contributed by atoms with Crippen molar-refractivity contribution in [2.75, 3.05) is 0 Å². The number of para-hydroxylation sites is 1. The highest BCUT2D eigenvalue weighted by Gasteiger charge is 2.22. The number of nitrogens with two attached hydrogens (primary N) is 1. The van der Waals surface area contributed by atoms with Gasteiger partial charge in [0.15, 0.2) is 5.92 Å². The fourth-order valence-electron chi connectivity index (χ4n) is 0.924. The molecule has 15 heavy (non-hydrogen) atoms. The highest BCUT2D eigenvalue weighted by atomic mass is 16.5. The molecule has 1 atom stereocenters. The molecule has 0 aliphatic heterocycles. The predicted octanol–water partition coefficient (Wildman–Crippen LogP) is 0.343. The van der Waals surface area contributed by atoms with Gasteiger partial charge >= 0.3 is 5.97 Å². The number of nitrogens with one attached hydrogen (secondary N) is 1. The van der Waals surface area contributed by atoms with Crippen LogP contribution in [-0.2, 0) is 9.59 Å². The summed E-state index contributed by atoms with van der Waals surface area (Å²) in [4.78, 5) is 21.8. The van der Waals surface area contributed by atoms with E-state index in [0.717, 1.165) is 0 Å². The van der Waals surface area contributed by atoms with Gasteiger partial charge in [-0.1, -0.05) is 18.2 Å².